The number of rotatable bonds is 5. The summed E-state index contributed by atoms with van der Waals surface area (Å²) in [7, 11) is 1.63. The number of nitrogens with zero attached hydrogens (tertiary/aromatic N) is 3. The number of hydrogen-bond acceptors (Lipinski definition) is 5. The highest BCUT2D eigenvalue weighted by Crippen LogP contribution is 2.26. The summed E-state index contributed by atoms with van der Waals surface area (Å²) in [5, 5.41) is 2.61. The summed E-state index contributed by atoms with van der Waals surface area (Å²) in [6.07, 6.45) is 2.95. The van der Waals surface area contributed by atoms with Gasteiger partial charge in [-0.05, 0) is 32.3 Å². The van der Waals surface area contributed by atoms with Gasteiger partial charge in [0.25, 0.3) is 0 Å². The van der Waals surface area contributed by atoms with Crippen LogP contribution < -0.4 is 11.1 Å². The maximum Gasteiger partial charge on any atom is 0.236 e. The molecule has 0 bridgehead atoms. The Balaban J connectivity index is 2.10. The number of carbonyl (C=O) groups is 2. The monoisotopic (exact) mass is 319 g/mol. The van der Waals surface area contributed by atoms with Gasteiger partial charge in [-0.15, -0.1) is 0 Å². The van der Waals surface area contributed by atoms with Gasteiger partial charge in [-0.1, -0.05) is 0 Å². The zero-order valence-corrected chi connectivity index (χ0v) is 13.8. The molecule has 126 valence electrons. The van der Waals surface area contributed by atoms with Crippen molar-refractivity contribution >= 4 is 11.8 Å². The molecule has 0 aliphatic carbocycles. The number of nitrogens with two attached hydrogens (primary N) is 1. The molecule has 0 radical (unpaired) electrons. The molecule has 1 atom stereocenters. The van der Waals surface area contributed by atoms with Crippen molar-refractivity contribution < 1.29 is 9.59 Å². The molecule has 2 rings (SSSR count). The first-order valence-corrected chi connectivity index (χ1v) is 8.06. The van der Waals surface area contributed by atoms with E-state index in [9.17, 15) is 9.59 Å². The first kappa shape index (κ1) is 17.3. The first-order chi connectivity index (χ1) is 11.0. The number of hydrogen-bond donors (Lipinski definition) is 2. The molecule has 7 nitrogen and oxygen atoms in total. The molecule has 1 aliphatic rings. The van der Waals surface area contributed by atoms with Crippen molar-refractivity contribution in [2.45, 2.75) is 38.5 Å². The molecule has 1 aromatic heterocycles. The van der Waals surface area contributed by atoms with Crippen LogP contribution in [-0.2, 0) is 16.0 Å². The summed E-state index contributed by atoms with van der Waals surface area (Å²) >= 11 is 0. The smallest absolute Gasteiger partial charge is 0.236 e. The van der Waals surface area contributed by atoms with Gasteiger partial charge in [-0.25, -0.2) is 9.97 Å². The lowest BCUT2D eigenvalue weighted by atomic mass is 9.93. The Hall–Kier alpha value is -2.02. The Kier molecular flexibility index (Phi) is 6.04. The van der Waals surface area contributed by atoms with Crippen LogP contribution in [0.5, 0.6) is 0 Å². The number of piperidine rings is 1. The number of aromatic nitrogens is 2. The minimum atomic E-state index is -0.0136. The molecule has 0 saturated carbocycles. The van der Waals surface area contributed by atoms with E-state index in [1.807, 2.05) is 17.9 Å². The van der Waals surface area contributed by atoms with E-state index in [0.29, 0.717) is 25.2 Å². The van der Waals surface area contributed by atoms with E-state index in [2.05, 4.69) is 15.3 Å². The second-order valence-electron chi connectivity index (χ2n) is 5.89. The average molecular weight is 319 g/mol. The van der Waals surface area contributed by atoms with E-state index in [-0.39, 0.29) is 24.3 Å². The fourth-order valence-electron chi connectivity index (χ4n) is 2.93. The van der Waals surface area contributed by atoms with Crippen molar-refractivity contribution in [2.24, 2.45) is 5.73 Å². The van der Waals surface area contributed by atoms with E-state index in [0.717, 1.165) is 30.8 Å². The average Bonchev–Trinajstić information content (AvgIpc) is 2.58. The SMILES string of the molecule is CNC(=O)CCc1cc([C@H]2CCCN(C(=O)CN)C2)nc(C)n1. The van der Waals surface area contributed by atoms with Crippen molar-refractivity contribution in [3.05, 3.63) is 23.3 Å². The Bertz CT molecular complexity index is 576. The molecule has 7 heteroatoms. The third-order valence-corrected chi connectivity index (χ3v) is 4.16. The van der Waals surface area contributed by atoms with E-state index >= 15 is 0 Å². The normalized spacial score (nSPS) is 17.9. The number of nitrogens with one attached hydrogen (secondary N) is 1. The molecule has 1 aromatic rings. The fraction of sp³-hybridized carbons (Fsp3) is 0.625. The van der Waals surface area contributed by atoms with Crippen LogP contribution in [0, 0.1) is 6.92 Å². The standard InChI is InChI=1S/C16H25N5O2/c1-11-19-13(5-6-15(22)18-2)8-14(20-11)12-4-3-7-21(10-12)16(23)9-17/h8,12H,3-7,9-10,17H2,1-2H3,(H,18,22)/t12-/m0/s1. The molecule has 1 fully saturated rings. The molecule has 3 N–H and O–H groups in total. The van der Waals surface area contributed by atoms with Gasteiger partial charge in [0, 0.05) is 43.9 Å². The molecular formula is C16H25N5O2. The quantitative estimate of drug-likeness (QED) is 0.803. The number of aryl methyl sites for hydroxylation is 2. The zero-order chi connectivity index (χ0) is 16.8. The number of likely N-dealkylation sites (tertiary alicyclic amines) is 1. The molecule has 0 spiro atoms. The van der Waals surface area contributed by atoms with Gasteiger partial charge in [0.15, 0.2) is 0 Å². The highest BCUT2D eigenvalue weighted by atomic mass is 16.2. The predicted molar refractivity (Wildman–Crippen MR) is 86.8 cm³/mol. The van der Waals surface area contributed by atoms with Crippen LogP contribution in [0.25, 0.3) is 0 Å². The molecular weight excluding hydrogens is 294 g/mol. The van der Waals surface area contributed by atoms with Crippen molar-refractivity contribution in [3.8, 4) is 0 Å². The topological polar surface area (TPSA) is 101 Å². The van der Waals surface area contributed by atoms with Crippen LogP contribution in [0.4, 0.5) is 0 Å². The molecule has 2 heterocycles. The molecule has 2 amide bonds. The van der Waals surface area contributed by atoms with Gasteiger partial charge in [0.1, 0.15) is 5.82 Å². The summed E-state index contributed by atoms with van der Waals surface area (Å²) < 4.78 is 0. The predicted octanol–water partition coefficient (Wildman–Crippen LogP) is 0.128. The summed E-state index contributed by atoms with van der Waals surface area (Å²) in [4.78, 5) is 34.0. The third kappa shape index (κ3) is 4.72. The lowest BCUT2D eigenvalue weighted by Gasteiger charge is -2.32. The minimum absolute atomic E-state index is 0.000185. The van der Waals surface area contributed by atoms with E-state index in [1.165, 1.54) is 0 Å². The van der Waals surface area contributed by atoms with Crippen molar-refractivity contribution in [3.63, 3.8) is 0 Å². The van der Waals surface area contributed by atoms with Gasteiger partial charge >= 0.3 is 0 Å². The van der Waals surface area contributed by atoms with Crippen molar-refractivity contribution in [1.29, 1.82) is 0 Å². The van der Waals surface area contributed by atoms with Crippen molar-refractivity contribution in [1.82, 2.24) is 20.2 Å². The van der Waals surface area contributed by atoms with Gasteiger partial charge in [0.2, 0.25) is 11.8 Å². The summed E-state index contributed by atoms with van der Waals surface area (Å²) in [6, 6.07) is 1.97. The van der Waals surface area contributed by atoms with Crippen molar-refractivity contribution in [2.75, 3.05) is 26.7 Å². The fourth-order valence-corrected chi connectivity index (χ4v) is 2.93. The maximum absolute atomic E-state index is 11.8. The summed E-state index contributed by atoms with van der Waals surface area (Å²) in [5.74, 6) is 0.900. The molecule has 0 unspecified atom stereocenters. The highest BCUT2D eigenvalue weighted by molar-refractivity contribution is 5.78. The van der Waals surface area contributed by atoms with E-state index in [4.69, 9.17) is 5.73 Å². The molecule has 1 saturated heterocycles. The first-order valence-electron chi connectivity index (χ1n) is 8.06. The van der Waals surface area contributed by atoms with Crippen LogP contribution in [0.1, 0.15) is 42.4 Å². The second-order valence-corrected chi connectivity index (χ2v) is 5.89. The molecule has 23 heavy (non-hydrogen) atoms. The van der Waals surface area contributed by atoms with Crippen LogP contribution in [0.15, 0.2) is 6.07 Å². The summed E-state index contributed by atoms with van der Waals surface area (Å²) in [5.41, 5.74) is 7.29. The van der Waals surface area contributed by atoms with Gasteiger partial charge in [-0.3, -0.25) is 9.59 Å². The minimum Gasteiger partial charge on any atom is -0.359 e. The third-order valence-electron chi connectivity index (χ3n) is 4.16. The molecule has 0 aromatic carbocycles. The number of amides is 2. The number of carbonyl (C=O) groups excluding carboxylic acids is 2. The van der Waals surface area contributed by atoms with Crippen LogP contribution >= 0.6 is 0 Å². The van der Waals surface area contributed by atoms with Gasteiger partial charge in [-0.2, -0.15) is 0 Å². The Labute approximate surface area is 136 Å². The van der Waals surface area contributed by atoms with Crippen LogP contribution in [-0.4, -0.2) is 53.4 Å². The highest BCUT2D eigenvalue weighted by Gasteiger charge is 2.25. The summed E-state index contributed by atoms with van der Waals surface area (Å²) in [6.45, 7) is 3.33. The van der Waals surface area contributed by atoms with Crippen LogP contribution in [0.3, 0.4) is 0 Å². The second kappa shape index (κ2) is 8.01. The lowest BCUT2D eigenvalue weighted by Crippen LogP contribution is -2.42. The van der Waals surface area contributed by atoms with E-state index in [1.54, 1.807) is 7.05 Å². The van der Waals surface area contributed by atoms with Gasteiger partial charge < -0.3 is 16.0 Å². The van der Waals surface area contributed by atoms with E-state index < -0.39 is 0 Å². The Morgan fingerprint density at radius 3 is 2.91 bits per heavy atom. The largest absolute Gasteiger partial charge is 0.359 e. The Morgan fingerprint density at radius 1 is 1.43 bits per heavy atom. The maximum atomic E-state index is 11.8. The van der Waals surface area contributed by atoms with Gasteiger partial charge in [0.05, 0.1) is 6.54 Å². The molecule has 1 aliphatic heterocycles. The Morgan fingerprint density at radius 2 is 2.22 bits per heavy atom. The zero-order valence-electron chi connectivity index (χ0n) is 13.8. The lowest BCUT2D eigenvalue weighted by molar-refractivity contribution is -0.130. The van der Waals surface area contributed by atoms with Crippen LogP contribution in [0.2, 0.25) is 0 Å².